The molecule has 8 nitrogen and oxygen atoms in total. The number of benzene rings is 1. The van der Waals surface area contributed by atoms with Crippen LogP contribution in [0.5, 0.6) is 0 Å². The van der Waals surface area contributed by atoms with Crippen LogP contribution in [0.15, 0.2) is 66.2 Å². The van der Waals surface area contributed by atoms with E-state index in [1.807, 2.05) is 0 Å². The third-order valence-corrected chi connectivity index (χ3v) is 4.72. The van der Waals surface area contributed by atoms with Gasteiger partial charge in [-0.25, -0.2) is 23.5 Å². The molecule has 1 unspecified atom stereocenters. The lowest BCUT2D eigenvalue weighted by Gasteiger charge is -2.15. The number of sulfonamides is 1. The highest BCUT2D eigenvalue weighted by Crippen LogP contribution is 2.17. The van der Waals surface area contributed by atoms with Gasteiger partial charge in [0.2, 0.25) is 10.0 Å². The van der Waals surface area contributed by atoms with E-state index >= 15 is 0 Å². The number of rotatable bonds is 5. The monoisotopic (exact) mass is 371 g/mol. The first kappa shape index (κ1) is 17.8. The summed E-state index contributed by atoms with van der Waals surface area (Å²) in [6.45, 7) is 1.76. The van der Waals surface area contributed by atoms with Crippen LogP contribution < -0.4 is 10.5 Å². The van der Waals surface area contributed by atoms with Crippen LogP contribution >= 0.6 is 0 Å². The Hall–Kier alpha value is -3.04. The van der Waals surface area contributed by atoms with Crippen LogP contribution in [0.2, 0.25) is 0 Å². The molecule has 0 fully saturated rings. The SMILES string of the molecule is CC(NC(=O)c1ccnc(-n2ccnc2)c1)c1cccc(S(N)(=O)=O)c1. The van der Waals surface area contributed by atoms with Crippen LogP contribution in [-0.2, 0) is 10.0 Å². The van der Waals surface area contributed by atoms with Crippen molar-refractivity contribution >= 4 is 15.9 Å². The van der Waals surface area contributed by atoms with Crippen LogP contribution in [0.3, 0.4) is 0 Å². The maximum atomic E-state index is 12.5. The first-order chi connectivity index (χ1) is 12.3. The van der Waals surface area contributed by atoms with Crippen molar-refractivity contribution < 1.29 is 13.2 Å². The number of aromatic nitrogens is 3. The zero-order chi connectivity index (χ0) is 18.7. The molecule has 0 radical (unpaired) electrons. The highest BCUT2D eigenvalue weighted by atomic mass is 32.2. The fraction of sp³-hybridized carbons (Fsp3) is 0.118. The Morgan fingerprint density at radius 3 is 2.73 bits per heavy atom. The first-order valence-corrected chi connectivity index (χ1v) is 9.27. The van der Waals surface area contributed by atoms with Gasteiger partial charge in [0.15, 0.2) is 0 Å². The third kappa shape index (κ3) is 3.95. The van der Waals surface area contributed by atoms with Gasteiger partial charge in [0, 0.05) is 24.2 Å². The molecule has 3 rings (SSSR count). The van der Waals surface area contributed by atoms with Crippen LogP contribution in [0.1, 0.15) is 28.9 Å². The summed E-state index contributed by atoms with van der Waals surface area (Å²) >= 11 is 0. The van der Waals surface area contributed by atoms with E-state index in [-0.39, 0.29) is 10.8 Å². The van der Waals surface area contributed by atoms with Crippen molar-refractivity contribution in [3.05, 3.63) is 72.4 Å². The molecule has 9 heteroatoms. The number of nitrogens with one attached hydrogen (secondary N) is 1. The number of carbonyl (C=O) groups is 1. The van der Waals surface area contributed by atoms with Crippen LogP contribution in [0.4, 0.5) is 0 Å². The van der Waals surface area contributed by atoms with E-state index in [4.69, 9.17) is 5.14 Å². The van der Waals surface area contributed by atoms with Crippen LogP contribution in [0, 0.1) is 0 Å². The minimum absolute atomic E-state index is 0.00223. The summed E-state index contributed by atoms with van der Waals surface area (Å²) in [6.07, 6.45) is 6.47. The van der Waals surface area contributed by atoms with E-state index in [9.17, 15) is 13.2 Å². The second kappa shape index (κ2) is 7.06. The summed E-state index contributed by atoms with van der Waals surface area (Å²) in [5.74, 6) is 0.265. The number of hydrogen-bond donors (Lipinski definition) is 2. The van der Waals surface area contributed by atoms with Gasteiger partial charge >= 0.3 is 0 Å². The zero-order valence-electron chi connectivity index (χ0n) is 13.9. The van der Waals surface area contributed by atoms with Crippen LogP contribution in [-0.4, -0.2) is 28.9 Å². The summed E-state index contributed by atoms with van der Waals surface area (Å²) in [4.78, 5) is 20.7. The topological polar surface area (TPSA) is 120 Å². The molecule has 3 aromatic rings. The molecule has 0 aliphatic carbocycles. The number of nitrogens with two attached hydrogens (primary N) is 1. The minimum atomic E-state index is -3.80. The Balaban J connectivity index is 1.79. The number of pyridine rings is 1. The van der Waals surface area contributed by atoms with Gasteiger partial charge in [-0.3, -0.25) is 9.36 Å². The van der Waals surface area contributed by atoms with Crippen molar-refractivity contribution in [2.45, 2.75) is 17.9 Å². The largest absolute Gasteiger partial charge is 0.346 e. The van der Waals surface area contributed by atoms with Crippen molar-refractivity contribution in [1.29, 1.82) is 0 Å². The van der Waals surface area contributed by atoms with Crippen molar-refractivity contribution in [2.75, 3.05) is 0 Å². The zero-order valence-corrected chi connectivity index (χ0v) is 14.7. The smallest absolute Gasteiger partial charge is 0.251 e. The van der Waals surface area contributed by atoms with E-state index in [0.717, 1.165) is 0 Å². The van der Waals surface area contributed by atoms with Gasteiger partial charge in [-0.2, -0.15) is 0 Å². The second-order valence-corrected chi connectivity index (χ2v) is 7.25. The molecule has 1 atom stereocenters. The van der Waals surface area contributed by atoms with Gasteiger partial charge in [-0.15, -0.1) is 0 Å². The molecule has 26 heavy (non-hydrogen) atoms. The number of hydrogen-bond acceptors (Lipinski definition) is 5. The molecule has 1 aromatic carbocycles. The average molecular weight is 371 g/mol. The Kier molecular flexibility index (Phi) is 4.83. The molecule has 1 amide bonds. The molecule has 2 aromatic heterocycles. The highest BCUT2D eigenvalue weighted by Gasteiger charge is 2.15. The number of nitrogens with zero attached hydrogens (tertiary/aromatic N) is 3. The third-order valence-electron chi connectivity index (χ3n) is 3.81. The molecule has 2 heterocycles. The Bertz CT molecular complexity index is 1030. The van der Waals surface area contributed by atoms with E-state index in [1.165, 1.54) is 18.3 Å². The predicted molar refractivity (Wildman–Crippen MR) is 95.1 cm³/mol. The van der Waals surface area contributed by atoms with Gasteiger partial charge < -0.3 is 5.32 Å². The van der Waals surface area contributed by atoms with Crippen molar-refractivity contribution in [3.8, 4) is 5.82 Å². The highest BCUT2D eigenvalue weighted by molar-refractivity contribution is 7.89. The number of carbonyl (C=O) groups excluding carboxylic acids is 1. The van der Waals surface area contributed by atoms with Crippen molar-refractivity contribution in [1.82, 2.24) is 19.9 Å². The summed E-state index contributed by atoms with van der Waals surface area (Å²) in [7, 11) is -3.80. The molecule has 0 saturated heterocycles. The first-order valence-electron chi connectivity index (χ1n) is 7.72. The van der Waals surface area contributed by atoms with Crippen LogP contribution in [0.25, 0.3) is 5.82 Å². The quantitative estimate of drug-likeness (QED) is 0.702. The van der Waals surface area contributed by atoms with Gasteiger partial charge in [0.25, 0.3) is 5.91 Å². The normalized spacial score (nSPS) is 12.5. The maximum Gasteiger partial charge on any atom is 0.251 e. The van der Waals surface area contributed by atoms with Gasteiger partial charge in [-0.05, 0) is 36.8 Å². The van der Waals surface area contributed by atoms with E-state index in [2.05, 4.69) is 15.3 Å². The Morgan fingerprint density at radius 2 is 2.04 bits per heavy atom. The van der Waals surface area contributed by atoms with E-state index in [1.54, 1.807) is 54.5 Å². The lowest BCUT2D eigenvalue weighted by Crippen LogP contribution is -2.27. The minimum Gasteiger partial charge on any atom is -0.346 e. The molecule has 0 aliphatic heterocycles. The molecule has 0 bridgehead atoms. The molecular formula is C17H17N5O3S. The van der Waals surface area contributed by atoms with Crippen molar-refractivity contribution in [2.24, 2.45) is 5.14 Å². The molecule has 134 valence electrons. The number of amides is 1. The van der Waals surface area contributed by atoms with Gasteiger partial charge in [-0.1, -0.05) is 12.1 Å². The summed E-state index contributed by atoms with van der Waals surface area (Å²) in [5.41, 5.74) is 1.06. The summed E-state index contributed by atoms with van der Waals surface area (Å²) < 4.78 is 24.6. The lowest BCUT2D eigenvalue weighted by atomic mass is 10.1. The second-order valence-electron chi connectivity index (χ2n) is 5.69. The standard InChI is InChI=1S/C17H17N5O3S/c1-12(13-3-2-4-15(9-13)26(18,24)25)21-17(23)14-5-6-20-16(10-14)22-8-7-19-11-22/h2-12H,1H3,(H,21,23)(H2,18,24,25). The number of primary sulfonamides is 1. The molecule has 3 N–H and O–H groups in total. The Labute approximate surface area is 150 Å². The predicted octanol–water partition coefficient (Wildman–Crippen LogP) is 1.41. The van der Waals surface area contributed by atoms with E-state index < -0.39 is 16.1 Å². The molecule has 0 aliphatic rings. The maximum absolute atomic E-state index is 12.5. The molecule has 0 saturated carbocycles. The average Bonchev–Trinajstić information content (AvgIpc) is 3.16. The van der Waals surface area contributed by atoms with E-state index in [0.29, 0.717) is 16.9 Å². The molecular weight excluding hydrogens is 354 g/mol. The lowest BCUT2D eigenvalue weighted by molar-refractivity contribution is 0.0939. The van der Waals surface area contributed by atoms with Crippen molar-refractivity contribution in [3.63, 3.8) is 0 Å². The number of imidazole rings is 1. The van der Waals surface area contributed by atoms with Gasteiger partial charge in [0.1, 0.15) is 12.1 Å². The molecule has 0 spiro atoms. The Morgan fingerprint density at radius 1 is 1.23 bits per heavy atom. The summed E-state index contributed by atoms with van der Waals surface area (Å²) in [5, 5.41) is 7.99. The summed E-state index contributed by atoms with van der Waals surface area (Å²) in [6, 6.07) is 9.00. The fourth-order valence-corrected chi connectivity index (χ4v) is 2.99. The fourth-order valence-electron chi connectivity index (χ4n) is 2.42. The van der Waals surface area contributed by atoms with Gasteiger partial charge in [0.05, 0.1) is 10.9 Å².